The van der Waals surface area contributed by atoms with E-state index in [0.29, 0.717) is 36.7 Å². The fraction of sp³-hybridized carbons (Fsp3) is 0.381. The Balaban J connectivity index is 1.17. The van der Waals surface area contributed by atoms with Crippen molar-refractivity contribution in [3.05, 3.63) is 47.9 Å². The summed E-state index contributed by atoms with van der Waals surface area (Å²) < 4.78 is 15.5. The van der Waals surface area contributed by atoms with E-state index in [1.54, 1.807) is 23.1 Å². The number of likely N-dealkylation sites (tertiary alicyclic amines) is 1. The molecule has 0 saturated carbocycles. The normalized spacial score (nSPS) is 15.7. The maximum absolute atomic E-state index is 12.3. The molecule has 1 aromatic heterocycles. The maximum Gasteiger partial charge on any atom is 0.309 e. The molecule has 1 aromatic carbocycles. The van der Waals surface area contributed by atoms with Crippen molar-refractivity contribution in [1.29, 1.82) is 0 Å². The van der Waals surface area contributed by atoms with Crippen LogP contribution in [-0.4, -0.2) is 49.0 Å². The van der Waals surface area contributed by atoms with Crippen molar-refractivity contribution in [3.8, 4) is 11.5 Å². The lowest BCUT2D eigenvalue weighted by molar-refractivity contribution is -0.139. The summed E-state index contributed by atoms with van der Waals surface area (Å²) in [4.78, 5) is 38.2. The average molecular weight is 413 g/mol. The lowest BCUT2D eigenvalue weighted by atomic mass is 9.96. The first-order chi connectivity index (χ1) is 14.6. The fourth-order valence-electron chi connectivity index (χ4n) is 3.54. The second-order valence-electron chi connectivity index (χ2n) is 7.33. The third-order valence-electron chi connectivity index (χ3n) is 5.32. The smallest absolute Gasteiger partial charge is 0.309 e. The number of nitrogens with one attached hydrogen (secondary N) is 2. The molecule has 0 bridgehead atoms. The second kappa shape index (κ2) is 8.89. The number of hydrogen-bond acceptors (Lipinski definition) is 6. The minimum absolute atomic E-state index is 0.0471. The zero-order valence-electron chi connectivity index (χ0n) is 16.4. The molecule has 1 fully saturated rings. The standard InChI is InChI=1S/C21H23N3O6/c25-19(20(26)23-11-15-1-2-17-18(9-15)30-13-29-17)22-10-14-3-6-24(7-4-14)21(27)16-5-8-28-12-16/h1-2,5,8-9,12,14H,3-4,6-7,10-11,13H2,(H,22,25)(H,23,26). The van der Waals surface area contributed by atoms with Crippen LogP contribution in [0.3, 0.4) is 0 Å². The molecule has 158 valence electrons. The Hall–Kier alpha value is -3.49. The maximum atomic E-state index is 12.3. The highest BCUT2D eigenvalue weighted by Gasteiger charge is 2.25. The van der Waals surface area contributed by atoms with Gasteiger partial charge in [0.05, 0.1) is 11.8 Å². The van der Waals surface area contributed by atoms with Gasteiger partial charge in [0, 0.05) is 26.2 Å². The molecule has 0 radical (unpaired) electrons. The van der Waals surface area contributed by atoms with E-state index in [4.69, 9.17) is 13.9 Å². The largest absolute Gasteiger partial charge is 0.472 e. The van der Waals surface area contributed by atoms with E-state index in [9.17, 15) is 14.4 Å². The number of nitrogens with zero attached hydrogens (tertiary/aromatic N) is 1. The zero-order valence-corrected chi connectivity index (χ0v) is 16.4. The SMILES string of the molecule is O=C(NCc1ccc2c(c1)OCO2)C(=O)NCC1CCN(C(=O)c2ccoc2)CC1. The summed E-state index contributed by atoms with van der Waals surface area (Å²) in [6.45, 7) is 2.03. The third-order valence-corrected chi connectivity index (χ3v) is 5.32. The molecule has 4 rings (SSSR count). The first-order valence-corrected chi connectivity index (χ1v) is 9.86. The van der Waals surface area contributed by atoms with Crippen molar-refractivity contribution < 1.29 is 28.3 Å². The number of carbonyl (C=O) groups excluding carboxylic acids is 3. The molecule has 2 N–H and O–H groups in total. The molecule has 0 unspecified atom stereocenters. The molecular formula is C21H23N3O6. The van der Waals surface area contributed by atoms with Crippen molar-refractivity contribution in [2.24, 2.45) is 5.92 Å². The monoisotopic (exact) mass is 413 g/mol. The van der Waals surface area contributed by atoms with Gasteiger partial charge in [0.15, 0.2) is 11.5 Å². The van der Waals surface area contributed by atoms with Gasteiger partial charge in [-0.1, -0.05) is 6.07 Å². The summed E-state index contributed by atoms with van der Waals surface area (Å²) >= 11 is 0. The van der Waals surface area contributed by atoms with Gasteiger partial charge in [-0.2, -0.15) is 0 Å². The number of furan rings is 1. The van der Waals surface area contributed by atoms with Crippen LogP contribution in [0.4, 0.5) is 0 Å². The Morgan fingerprint density at radius 2 is 1.77 bits per heavy atom. The molecule has 0 atom stereocenters. The topological polar surface area (TPSA) is 110 Å². The lowest BCUT2D eigenvalue weighted by Crippen LogP contribution is -2.44. The van der Waals surface area contributed by atoms with Crippen LogP contribution in [0.1, 0.15) is 28.8 Å². The quantitative estimate of drug-likeness (QED) is 0.715. The highest BCUT2D eigenvalue weighted by Crippen LogP contribution is 2.32. The number of amides is 3. The highest BCUT2D eigenvalue weighted by molar-refractivity contribution is 6.35. The Bertz CT molecular complexity index is 919. The molecule has 2 aliphatic rings. The predicted octanol–water partition coefficient (Wildman–Crippen LogP) is 1.29. The predicted molar refractivity (Wildman–Crippen MR) is 105 cm³/mol. The second-order valence-corrected chi connectivity index (χ2v) is 7.33. The highest BCUT2D eigenvalue weighted by atomic mass is 16.7. The molecule has 9 nitrogen and oxygen atoms in total. The number of fused-ring (bicyclic) bond motifs is 1. The van der Waals surface area contributed by atoms with Gasteiger partial charge in [-0.25, -0.2) is 0 Å². The molecule has 0 aliphatic carbocycles. The Labute approximate surface area is 173 Å². The number of hydrogen-bond donors (Lipinski definition) is 2. The van der Waals surface area contributed by atoms with Crippen LogP contribution in [-0.2, 0) is 16.1 Å². The molecule has 3 heterocycles. The molecular weight excluding hydrogens is 390 g/mol. The van der Waals surface area contributed by atoms with E-state index in [1.807, 2.05) is 6.07 Å². The van der Waals surface area contributed by atoms with Crippen LogP contribution in [0.15, 0.2) is 41.2 Å². The van der Waals surface area contributed by atoms with Crippen LogP contribution in [0, 0.1) is 5.92 Å². The Morgan fingerprint density at radius 1 is 1.00 bits per heavy atom. The number of rotatable bonds is 5. The minimum atomic E-state index is -0.680. The molecule has 0 spiro atoms. The van der Waals surface area contributed by atoms with Gasteiger partial charge in [0.25, 0.3) is 5.91 Å². The zero-order chi connectivity index (χ0) is 20.9. The fourth-order valence-corrected chi connectivity index (χ4v) is 3.54. The molecule has 3 amide bonds. The van der Waals surface area contributed by atoms with Gasteiger partial charge in [-0.05, 0) is 42.5 Å². The van der Waals surface area contributed by atoms with E-state index in [1.165, 1.54) is 12.5 Å². The lowest BCUT2D eigenvalue weighted by Gasteiger charge is -2.31. The molecule has 30 heavy (non-hydrogen) atoms. The van der Waals surface area contributed by atoms with Crippen LogP contribution in [0.5, 0.6) is 11.5 Å². The molecule has 1 saturated heterocycles. The van der Waals surface area contributed by atoms with Gasteiger partial charge >= 0.3 is 11.8 Å². The molecule has 9 heteroatoms. The number of piperidine rings is 1. The van der Waals surface area contributed by atoms with Crippen LogP contribution < -0.4 is 20.1 Å². The molecule has 2 aliphatic heterocycles. The van der Waals surface area contributed by atoms with Crippen molar-refractivity contribution in [3.63, 3.8) is 0 Å². The minimum Gasteiger partial charge on any atom is -0.472 e. The van der Waals surface area contributed by atoms with E-state index in [2.05, 4.69) is 10.6 Å². The van der Waals surface area contributed by atoms with E-state index in [0.717, 1.165) is 18.4 Å². The summed E-state index contributed by atoms with van der Waals surface area (Å²) in [7, 11) is 0. The van der Waals surface area contributed by atoms with Crippen LogP contribution in [0.2, 0.25) is 0 Å². The van der Waals surface area contributed by atoms with Crippen molar-refractivity contribution in [2.75, 3.05) is 26.4 Å². The van der Waals surface area contributed by atoms with Crippen LogP contribution in [0.25, 0.3) is 0 Å². The Morgan fingerprint density at radius 3 is 2.53 bits per heavy atom. The summed E-state index contributed by atoms with van der Waals surface area (Å²) in [5.41, 5.74) is 1.36. The average Bonchev–Trinajstić information content (AvgIpc) is 3.47. The van der Waals surface area contributed by atoms with Gasteiger partial charge in [0.2, 0.25) is 6.79 Å². The molecule has 2 aromatic rings. The van der Waals surface area contributed by atoms with Crippen LogP contribution >= 0.6 is 0 Å². The van der Waals surface area contributed by atoms with E-state index in [-0.39, 0.29) is 25.2 Å². The van der Waals surface area contributed by atoms with Crippen molar-refractivity contribution >= 4 is 17.7 Å². The van der Waals surface area contributed by atoms with Crippen molar-refractivity contribution in [1.82, 2.24) is 15.5 Å². The summed E-state index contributed by atoms with van der Waals surface area (Å²) in [6, 6.07) is 7.01. The summed E-state index contributed by atoms with van der Waals surface area (Å²) in [5.74, 6) is 0.134. The Kier molecular flexibility index (Phi) is 5.87. The number of benzene rings is 1. The van der Waals surface area contributed by atoms with Crippen molar-refractivity contribution in [2.45, 2.75) is 19.4 Å². The van der Waals surface area contributed by atoms with Gasteiger partial charge in [-0.3, -0.25) is 14.4 Å². The first-order valence-electron chi connectivity index (χ1n) is 9.86. The van der Waals surface area contributed by atoms with Gasteiger partial charge in [-0.15, -0.1) is 0 Å². The van der Waals surface area contributed by atoms with Gasteiger partial charge in [0.1, 0.15) is 6.26 Å². The number of carbonyl (C=O) groups is 3. The van der Waals surface area contributed by atoms with E-state index < -0.39 is 11.8 Å². The summed E-state index contributed by atoms with van der Waals surface area (Å²) in [5, 5.41) is 5.29. The summed E-state index contributed by atoms with van der Waals surface area (Å²) in [6.07, 6.45) is 4.45. The van der Waals surface area contributed by atoms with E-state index >= 15 is 0 Å². The number of ether oxygens (including phenoxy) is 2. The first kappa shape index (κ1) is 19.8. The third kappa shape index (κ3) is 4.56. The van der Waals surface area contributed by atoms with Gasteiger partial charge < -0.3 is 29.4 Å².